The van der Waals surface area contributed by atoms with E-state index >= 15 is 0 Å². The lowest BCUT2D eigenvalue weighted by Crippen LogP contribution is -2.45. The Kier molecular flexibility index (Phi) is 4.30. The van der Waals surface area contributed by atoms with Gasteiger partial charge in [-0.1, -0.05) is 41.1 Å². The van der Waals surface area contributed by atoms with Crippen molar-refractivity contribution >= 4 is 32.8 Å². The maximum atomic E-state index is 12.4. The van der Waals surface area contributed by atoms with Crippen LogP contribution in [0.25, 0.3) is 11.0 Å². The number of alkyl halides is 1. The molecular weight excluding hydrogens is 306 g/mol. The van der Waals surface area contributed by atoms with Crippen molar-refractivity contribution in [3.8, 4) is 0 Å². The van der Waals surface area contributed by atoms with Crippen LogP contribution in [-0.4, -0.2) is 16.8 Å². The SMILES string of the molecule is CCC(C)(CCBr)NC(=O)c1coc2ccccc12. The molecule has 1 atom stereocenters. The zero-order valence-corrected chi connectivity index (χ0v) is 12.8. The van der Waals surface area contributed by atoms with Crippen molar-refractivity contribution in [3.63, 3.8) is 0 Å². The van der Waals surface area contributed by atoms with E-state index in [-0.39, 0.29) is 11.4 Å². The zero-order chi connectivity index (χ0) is 13.9. The molecule has 1 heterocycles. The van der Waals surface area contributed by atoms with Crippen molar-refractivity contribution < 1.29 is 9.21 Å². The number of hydrogen-bond acceptors (Lipinski definition) is 2. The van der Waals surface area contributed by atoms with E-state index in [0.717, 1.165) is 29.1 Å². The van der Waals surface area contributed by atoms with Crippen LogP contribution in [0.2, 0.25) is 0 Å². The molecule has 3 nitrogen and oxygen atoms in total. The zero-order valence-electron chi connectivity index (χ0n) is 11.2. The number of furan rings is 1. The predicted molar refractivity (Wildman–Crippen MR) is 80.8 cm³/mol. The van der Waals surface area contributed by atoms with E-state index in [0.29, 0.717) is 5.56 Å². The van der Waals surface area contributed by atoms with Crippen molar-refractivity contribution in [2.24, 2.45) is 0 Å². The summed E-state index contributed by atoms with van der Waals surface area (Å²) in [5.74, 6) is -0.0738. The van der Waals surface area contributed by atoms with E-state index in [1.54, 1.807) is 0 Å². The van der Waals surface area contributed by atoms with E-state index in [2.05, 4.69) is 35.1 Å². The summed E-state index contributed by atoms with van der Waals surface area (Å²) in [6, 6.07) is 7.58. The van der Waals surface area contributed by atoms with Crippen LogP contribution < -0.4 is 5.32 Å². The van der Waals surface area contributed by atoms with Gasteiger partial charge >= 0.3 is 0 Å². The maximum Gasteiger partial charge on any atom is 0.255 e. The molecule has 2 rings (SSSR count). The van der Waals surface area contributed by atoms with Gasteiger partial charge in [-0.25, -0.2) is 0 Å². The van der Waals surface area contributed by atoms with E-state index in [4.69, 9.17) is 4.42 Å². The quantitative estimate of drug-likeness (QED) is 0.841. The number of nitrogens with one attached hydrogen (secondary N) is 1. The number of hydrogen-bond donors (Lipinski definition) is 1. The van der Waals surface area contributed by atoms with Gasteiger partial charge in [-0.05, 0) is 25.8 Å². The number of benzene rings is 1. The van der Waals surface area contributed by atoms with Gasteiger partial charge in [-0.15, -0.1) is 0 Å². The van der Waals surface area contributed by atoms with Crippen molar-refractivity contribution in [1.29, 1.82) is 0 Å². The Morgan fingerprint density at radius 1 is 1.42 bits per heavy atom. The molecule has 0 saturated heterocycles. The summed E-state index contributed by atoms with van der Waals surface area (Å²) < 4.78 is 5.41. The first-order valence-corrected chi connectivity index (χ1v) is 7.56. The summed E-state index contributed by atoms with van der Waals surface area (Å²) in [6.07, 6.45) is 3.31. The minimum Gasteiger partial charge on any atom is -0.463 e. The van der Waals surface area contributed by atoms with Gasteiger partial charge in [0, 0.05) is 16.3 Å². The van der Waals surface area contributed by atoms with Crippen molar-refractivity contribution in [2.75, 3.05) is 5.33 Å². The average Bonchev–Trinajstić information content (AvgIpc) is 2.83. The van der Waals surface area contributed by atoms with Gasteiger partial charge in [0.25, 0.3) is 5.91 Å². The lowest BCUT2D eigenvalue weighted by atomic mass is 9.95. The Labute approximate surface area is 121 Å². The second kappa shape index (κ2) is 5.78. The molecular formula is C15H18BrNO2. The van der Waals surface area contributed by atoms with Crippen LogP contribution in [0.5, 0.6) is 0 Å². The molecule has 2 aromatic rings. The van der Waals surface area contributed by atoms with Crippen LogP contribution in [0.4, 0.5) is 0 Å². The molecule has 1 unspecified atom stereocenters. The Balaban J connectivity index is 2.24. The number of amides is 1. The Morgan fingerprint density at radius 3 is 2.84 bits per heavy atom. The molecule has 0 fully saturated rings. The number of fused-ring (bicyclic) bond motifs is 1. The lowest BCUT2D eigenvalue weighted by Gasteiger charge is -2.28. The van der Waals surface area contributed by atoms with Gasteiger partial charge in [-0.3, -0.25) is 4.79 Å². The third-order valence-corrected chi connectivity index (χ3v) is 3.96. The van der Waals surface area contributed by atoms with Crippen molar-refractivity contribution in [2.45, 2.75) is 32.2 Å². The maximum absolute atomic E-state index is 12.4. The fraction of sp³-hybridized carbons (Fsp3) is 0.400. The largest absolute Gasteiger partial charge is 0.463 e. The summed E-state index contributed by atoms with van der Waals surface area (Å²) in [4.78, 5) is 12.4. The van der Waals surface area contributed by atoms with Crippen LogP contribution in [0, 0.1) is 0 Å². The number of carbonyl (C=O) groups excluding carboxylic acids is 1. The van der Waals surface area contributed by atoms with Crippen LogP contribution >= 0.6 is 15.9 Å². The molecule has 0 bridgehead atoms. The molecule has 4 heteroatoms. The second-order valence-electron chi connectivity index (χ2n) is 4.95. The van der Waals surface area contributed by atoms with E-state index in [1.165, 1.54) is 6.26 Å². The smallest absolute Gasteiger partial charge is 0.255 e. The van der Waals surface area contributed by atoms with E-state index < -0.39 is 0 Å². The highest BCUT2D eigenvalue weighted by molar-refractivity contribution is 9.09. The van der Waals surface area contributed by atoms with Crippen molar-refractivity contribution in [3.05, 3.63) is 36.1 Å². The molecule has 0 spiro atoms. The van der Waals surface area contributed by atoms with Gasteiger partial charge in [0.1, 0.15) is 11.8 Å². The van der Waals surface area contributed by atoms with E-state index in [9.17, 15) is 4.79 Å². The summed E-state index contributed by atoms with van der Waals surface area (Å²) >= 11 is 3.43. The molecule has 1 aromatic heterocycles. The first kappa shape index (κ1) is 14.1. The van der Waals surface area contributed by atoms with Crippen LogP contribution in [0.3, 0.4) is 0 Å². The predicted octanol–water partition coefficient (Wildman–Crippen LogP) is 4.12. The molecule has 1 N–H and O–H groups in total. The minimum atomic E-state index is -0.195. The highest BCUT2D eigenvalue weighted by atomic mass is 79.9. The summed E-state index contributed by atoms with van der Waals surface area (Å²) in [5, 5.41) is 4.83. The Hall–Kier alpha value is -1.29. The van der Waals surface area contributed by atoms with E-state index in [1.807, 2.05) is 24.3 Å². The Morgan fingerprint density at radius 2 is 2.16 bits per heavy atom. The van der Waals surface area contributed by atoms with Gasteiger partial charge in [-0.2, -0.15) is 0 Å². The number of para-hydroxylation sites is 1. The van der Waals surface area contributed by atoms with Crippen LogP contribution in [0.1, 0.15) is 37.0 Å². The van der Waals surface area contributed by atoms with Crippen molar-refractivity contribution in [1.82, 2.24) is 5.32 Å². The molecule has 0 saturated carbocycles. The molecule has 102 valence electrons. The first-order chi connectivity index (χ1) is 9.09. The summed E-state index contributed by atoms with van der Waals surface area (Å²) in [6.45, 7) is 4.14. The number of carbonyl (C=O) groups is 1. The highest BCUT2D eigenvalue weighted by Crippen LogP contribution is 2.22. The van der Waals surface area contributed by atoms with Gasteiger partial charge in [0.15, 0.2) is 0 Å². The van der Waals surface area contributed by atoms with Gasteiger partial charge < -0.3 is 9.73 Å². The molecule has 0 aliphatic heterocycles. The first-order valence-electron chi connectivity index (χ1n) is 6.44. The topological polar surface area (TPSA) is 42.2 Å². The lowest BCUT2D eigenvalue weighted by molar-refractivity contribution is 0.0902. The summed E-state index contributed by atoms with van der Waals surface area (Å²) in [7, 11) is 0. The van der Waals surface area contributed by atoms with Crippen LogP contribution in [0.15, 0.2) is 34.9 Å². The third-order valence-electron chi connectivity index (χ3n) is 3.57. The standard InChI is InChI=1S/C15H18BrNO2/c1-3-15(2,8-9-16)17-14(18)12-10-19-13-7-5-4-6-11(12)13/h4-7,10H,3,8-9H2,1-2H3,(H,17,18). The average molecular weight is 324 g/mol. The van der Waals surface area contributed by atoms with Gasteiger partial charge in [0.05, 0.1) is 5.56 Å². The monoisotopic (exact) mass is 323 g/mol. The highest BCUT2D eigenvalue weighted by Gasteiger charge is 2.25. The number of halogens is 1. The third kappa shape index (κ3) is 3.00. The molecule has 19 heavy (non-hydrogen) atoms. The fourth-order valence-corrected chi connectivity index (χ4v) is 2.91. The summed E-state index contributed by atoms with van der Waals surface area (Å²) in [5.41, 5.74) is 1.15. The van der Waals surface area contributed by atoms with Crippen LogP contribution in [-0.2, 0) is 0 Å². The molecule has 1 amide bonds. The molecule has 0 radical (unpaired) electrons. The van der Waals surface area contributed by atoms with Gasteiger partial charge in [0.2, 0.25) is 0 Å². The number of rotatable bonds is 5. The second-order valence-corrected chi connectivity index (χ2v) is 5.75. The normalized spacial score (nSPS) is 14.3. The fourth-order valence-electron chi connectivity index (χ4n) is 2.03. The molecule has 1 aromatic carbocycles. The Bertz CT molecular complexity index is 578. The molecule has 0 aliphatic rings. The molecule has 0 aliphatic carbocycles. The minimum absolute atomic E-state index is 0.0738.